The molecule has 0 bridgehead atoms. The Bertz CT molecular complexity index is 894. The first kappa shape index (κ1) is 17.2. The average molecular weight is 401 g/mol. The number of hydrogen-bond acceptors (Lipinski definition) is 3. The summed E-state index contributed by atoms with van der Waals surface area (Å²) in [6.45, 7) is 0. The molecule has 1 aliphatic heterocycles. The van der Waals surface area contributed by atoms with Gasteiger partial charge in [-0.2, -0.15) is 0 Å². The number of rotatable bonds is 3. The van der Waals surface area contributed by atoms with Crippen molar-refractivity contribution in [2.45, 2.75) is 24.7 Å². The Morgan fingerprint density at radius 1 is 1.08 bits per heavy atom. The molecule has 2 aromatic rings. The SMILES string of the molecule is O=C(Nc1ccc2c(c1)OC(F)(F)O2)N[C@@H]1C[C@H]1c1ccc(Cl)c(Cl)c1. The quantitative estimate of drug-likeness (QED) is 0.762. The molecule has 0 radical (unpaired) electrons. The van der Waals surface area contributed by atoms with Crippen LogP contribution in [0.25, 0.3) is 0 Å². The summed E-state index contributed by atoms with van der Waals surface area (Å²) in [5.41, 5.74) is 1.31. The van der Waals surface area contributed by atoms with Crippen molar-refractivity contribution in [2.75, 3.05) is 5.32 Å². The van der Waals surface area contributed by atoms with Crippen LogP contribution in [0.15, 0.2) is 36.4 Å². The number of ether oxygens (including phenoxy) is 2. The van der Waals surface area contributed by atoms with Crippen LogP contribution in [0, 0.1) is 0 Å². The Kier molecular flexibility index (Phi) is 4.08. The highest BCUT2D eigenvalue weighted by molar-refractivity contribution is 6.42. The van der Waals surface area contributed by atoms with E-state index in [4.69, 9.17) is 23.2 Å². The van der Waals surface area contributed by atoms with Crippen LogP contribution >= 0.6 is 23.2 Å². The van der Waals surface area contributed by atoms with Gasteiger partial charge in [-0.05, 0) is 36.2 Å². The molecule has 1 saturated carbocycles. The van der Waals surface area contributed by atoms with Crippen LogP contribution in [0.1, 0.15) is 17.9 Å². The maximum absolute atomic E-state index is 13.0. The smallest absolute Gasteiger partial charge is 0.395 e. The molecule has 2 amide bonds. The van der Waals surface area contributed by atoms with Crippen molar-refractivity contribution in [1.29, 1.82) is 0 Å². The molecule has 26 heavy (non-hydrogen) atoms. The Balaban J connectivity index is 1.35. The second-order valence-electron chi connectivity index (χ2n) is 6.05. The van der Waals surface area contributed by atoms with Crippen molar-refractivity contribution in [3.63, 3.8) is 0 Å². The van der Waals surface area contributed by atoms with Crippen molar-refractivity contribution in [1.82, 2.24) is 5.32 Å². The topological polar surface area (TPSA) is 59.6 Å². The van der Waals surface area contributed by atoms with Crippen molar-refractivity contribution in [2.24, 2.45) is 0 Å². The molecule has 1 aliphatic carbocycles. The van der Waals surface area contributed by atoms with Gasteiger partial charge in [-0.15, -0.1) is 8.78 Å². The summed E-state index contributed by atoms with van der Waals surface area (Å²) in [6, 6.07) is 8.93. The minimum absolute atomic E-state index is 0.0365. The molecular formula is C17H12Cl2F2N2O3. The minimum Gasteiger partial charge on any atom is -0.395 e. The molecule has 0 unspecified atom stereocenters. The van der Waals surface area contributed by atoms with Gasteiger partial charge in [0, 0.05) is 23.7 Å². The van der Waals surface area contributed by atoms with Crippen molar-refractivity contribution < 1.29 is 23.0 Å². The largest absolute Gasteiger partial charge is 0.586 e. The Labute approximate surface area is 157 Å². The van der Waals surface area contributed by atoms with Gasteiger partial charge in [0.25, 0.3) is 0 Å². The third kappa shape index (κ3) is 3.50. The Morgan fingerprint density at radius 2 is 1.85 bits per heavy atom. The number of fused-ring (bicyclic) bond motifs is 1. The standard InChI is InChI=1S/C17H12Cl2F2N2O3/c18-11-3-1-8(5-12(11)19)10-7-13(10)23-16(24)22-9-2-4-14-15(6-9)26-17(20,21)25-14/h1-6,10,13H,7H2,(H2,22,23,24)/t10-,13+/m0/s1. The van der Waals surface area contributed by atoms with Gasteiger partial charge in [0.2, 0.25) is 0 Å². The van der Waals surface area contributed by atoms with Gasteiger partial charge < -0.3 is 20.1 Å². The molecule has 1 fully saturated rings. The number of anilines is 1. The zero-order chi connectivity index (χ0) is 18.5. The van der Waals surface area contributed by atoms with Crippen LogP contribution in [0.2, 0.25) is 10.0 Å². The lowest BCUT2D eigenvalue weighted by atomic mass is 10.1. The molecule has 2 N–H and O–H groups in total. The van der Waals surface area contributed by atoms with Gasteiger partial charge in [-0.3, -0.25) is 0 Å². The summed E-state index contributed by atoms with van der Waals surface area (Å²) < 4.78 is 34.7. The monoisotopic (exact) mass is 400 g/mol. The van der Waals surface area contributed by atoms with E-state index in [0.29, 0.717) is 15.7 Å². The van der Waals surface area contributed by atoms with Crippen LogP contribution < -0.4 is 20.1 Å². The molecule has 1 heterocycles. The summed E-state index contributed by atoms with van der Waals surface area (Å²) >= 11 is 11.9. The van der Waals surface area contributed by atoms with Gasteiger partial charge in [0.05, 0.1) is 10.0 Å². The zero-order valence-corrected chi connectivity index (χ0v) is 14.6. The fourth-order valence-electron chi connectivity index (χ4n) is 2.83. The predicted octanol–water partition coefficient (Wildman–Crippen LogP) is 4.99. The average Bonchev–Trinajstić information content (AvgIpc) is 3.23. The Morgan fingerprint density at radius 3 is 2.62 bits per heavy atom. The number of carbonyl (C=O) groups is 1. The van der Waals surface area contributed by atoms with E-state index in [1.165, 1.54) is 18.2 Å². The van der Waals surface area contributed by atoms with E-state index in [-0.39, 0.29) is 23.5 Å². The number of hydrogen-bond donors (Lipinski definition) is 2. The third-order valence-electron chi connectivity index (χ3n) is 4.14. The third-order valence-corrected chi connectivity index (χ3v) is 4.88. The molecule has 0 aromatic heterocycles. The number of carbonyl (C=O) groups excluding carboxylic acids is 1. The normalized spacial score (nSPS) is 22.0. The summed E-state index contributed by atoms with van der Waals surface area (Å²) in [6.07, 6.45) is -2.91. The van der Waals surface area contributed by atoms with E-state index in [1.807, 2.05) is 6.07 Å². The fourth-order valence-corrected chi connectivity index (χ4v) is 3.13. The zero-order valence-electron chi connectivity index (χ0n) is 13.1. The highest BCUT2D eigenvalue weighted by Gasteiger charge is 2.43. The molecule has 2 aromatic carbocycles. The van der Waals surface area contributed by atoms with Gasteiger partial charge in [-0.25, -0.2) is 4.79 Å². The molecule has 5 nitrogen and oxygen atoms in total. The van der Waals surface area contributed by atoms with E-state index in [2.05, 4.69) is 20.1 Å². The number of amides is 2. The number of urea groups is 1. The van der Waals surface area contributed by atoms with Crippen LogP contribution in [0.5, 0.6) is 11.5 Å². The minimum atomic E-state index is -3.69. The molecule has 136 valence electrons. The summed E-state index contributed by atoms with van der Waals surface area (Å²) in [5, 5.41) is 6.36. The van der Waals surface area contributed by atoms with E-state index in [9.17, 15) is 13.6 Å². The molecule has 0 spiro atoms. The molecular weight excluding hydrogens is 389 g/mol. The van der Waals surface area contributed by atoms with Crippen LogP contribution in [-0.2, 0) is 0 Å². The van der Waals surface area contributed by atoms with Crippen molar-refractivity contribution >= 4 is 34.9 Å². The van der Waals surface area contributed by atoms with Crippen LogP contribution in [-0.4, -0.2) is 18.4 Å². The highest BCUT2D eigenvalue weighted by Crippen LogP contribution is 2.43. The van der Waals surface area contributed by atoms with E-state index in [0.717, 1.165) is 12.0 Å². The maximum atomic E-state index is 13.0. The van der Waals surface area contributed by atoms with E-state index in [1.54, 1.807) is 12.1 Å². The van der Waals surface area contributed by atoms with E-state index < -0.39 is 12.3 Å². The lowest BCUT2D eigenvalue weighted by Gasteiger charge is -2.08. The van der Waals surface area contributed by atoms with Crippen LogP contribution in [0.4, 0.5) is 19.3 Å². The molecule has 4 rings (SSSR count). The number of halogens is 4. The van der Waals surface area contributed by atoms with Gasteiger partial charge in [0.1, 0.15) is 0 Å². The van der Waals surface area contributed by atoms with Gasteiger partial charge >= 0.3 is 12.3 Å². The fraction of sp³-hybridized carbons (Fsp3) is 0.235. The summed E-state index contributed by atoms with van der Waals surface area (Å²) in [5.74, 6) is -0.0540. The number of alkyl halides is 2. The van der Waals surface area contributed by atoms with Gasteiger partial charge in [-0.1, -0.05) is 29.3 Å². The summed E-state index contributed by atoms with van der Waals surface area (Å²) in [7, 11) is 0. The molecule has 0 saturated heterocycles. The van der Waals surface area contributed by atoms with E-state index >= 15 is 0 Å². The lowest BCUT2D eigenvalue weighted by molar-refractivity contribution is -0.286. The molecule has 2 atom stereocenters. The maximum Gasteiger partial charge on any atom is 0.586 e. The molecule has 9 heteroatoms. The van der Waals surface area contributed by atoms with Crippen molar-refractivity contribution in [3.8, 4) is 11.5 Å². The first-order chi connectivity index (χ1) is 12.3. The second kappa shape index (κ2) is 6.17. The Hall–Kier alpha value is -2.25. The predicted molar refractivity (Wildman–Crippen MR) is 92.4 cm³/mol. The van der Waals surface area contributed by atoms with Crippen molar-refractivity contribution in [3.05, 3.63) is 52.0 Å². The van der Waals surface area contributed by atoms with Crippen LogP contribution in [0.3, 0.4) is 0 Å². The molecule has 2 aliphatic rings. The highest BCUT2D eigenvalue weighted by atomic mass is 35.5. The summed E-state index contributed by atoms with van der Waals surface area (Å²) in [4.78, 5) is 12.1. The second-order valence-corrected chi connectivity index (χ2v) is 6.86. The number of benzene rings is 2. The number of nitrogens with one attached hydrogen (secondary N) is 2. The van der Waals surface area contributed by atoms with Gasteiger partial charge in [0.15, 0.2) is 11.5 Å². The lowest BCUT2D eigenvalue weighted by Crippen LogP contribution is -2.31. The first-order valence-corrected chi connectivity index (χ1v) is 8.49. The first-order valence-electron chi connectivity index (χ1n) is 7.73.